The molecule has 1 saturated heterocycles. The predicted octanol–water partition coefficient (Wildman–Crippen LogP) is 1.03. The minimum absolute atomic E-state index is 0.196. The number of nitrogens with two attached hydrogens (primary N) is 1. The first-order valence-electron chi connectivity index (χ1n) is 8.03. The Labute approximate surface area is 143 Å². The van der Waals surface area contributed by atoms with Crippen LogP contribution >= 0.6 is 0 Å². The van der Waals surface area contributed by atoms with Gasteiger partial charge in [-0.15, -0.1) is 0 Å². The van der Waals surface area contributed by atoms with E-state index in [1.54, 1.807) is 6.07 Å². The van der Waals surface area contributed by atoms with Crippen LogP contribution in [0.4, 0.5) is 17.3 Å². The van der Waals surface area contributed by atoms with Crippen LogP contribution in [0.1, 0.15) is 5.56 Å². The summed E-state index contributed by atoms with van der Waals surface area (Å²) in [5.41, 5.74) is 8.67. The zero-order valence-corrected chi connectivity index (χ0v) is 13.5. The number of nitrogens with one attached hydrogen (secondary N) is 2. The maximum Gasteiger partial charge on any atom is 0.323 e. The number of hydrogen-bond donors (Lipinski definition) is 3. The number of fused-ring (bicyclic) bond motifs is 1. The molecule has 0 atom stereocenters. The van der Waals surface area contributed by atoms with Crippen LogP contribution in [0, 0.1) is 11.3 Å². The monoisotopic (exact) mass is 335 g/mol. The lowest BCUT2D eigenvalue weighted by Crippen LogP contribution is -2.47. The van der Waals surface area contributed by atoms with Crippen LogP contribution in [0.3, 0.4) is 0 Å². The first-order valence-corrected chi connectivity index (χ1v) is 8.03. The quantitative estimate of drug-likeness (QED) is 0.644. The van der Waals surface area contributed by atoms with Crippen molar-refractivity contribution >= 4 is 28.4 Å². The van der Waals surface area contributed by atoms with Crippen molar-refractivity contribution in [1.82, 2.24) is 15.0 Å². The summed E-state index contributed by atoms with van der Waals surface area (Å²) in [5.74, 6) is 1.04. The molecule has 8 heteroatoms. The molecular weight excluding hydrogens is 318 g/mol. The number of nitriles is 1. The van der Waals surface area contributed by atoms with Crippen LogP contribution in [0.15, 0.2) is 35.1 Å². The smallest absolute Gasteiger partial charge is 0.323 e. The van der Waals surface area contributed by atoms with E-state index >= 15 is 0 Å². The van der Waals surface area contributed by atoms with E-state index in [4.69, 9.17) is 11.0 Å². The molecule has 2 aromatic heterocycles. The van der Waals surface area contributed by atoms with Gasteiger partial charge in [-0.3, -0.25) is 0 Å². The number of imidazole rings is 1. The van der Waals surface area contributed by atoms with E-state index in [1.165, 1.54) is 0 Å². The Kier molecular flexibility index (Phi) is 3.54. The number of hydrogen-bond acceptors (Lipinski definition) is 6. The van der Waals surface area contributed by atoms with E-state index in [2.05, 4.69) is 24.8 Å². The normalized spacial score (nSPS) is 14.7. The Morgan fingerprint density at radius 3 is 2.56 bits per heavy atom. The SMILES string of the molecule is N#Cc1ccc(N2CCN(c3cccc4[nH]c(=O)[nH]c34)CC2)nc1N. The van der Waals surface area contributed by atoms with Gasteiger partial charge in [0.25, 0.3) is 0 Å². The molecule has 3 aromatic rings. The van der Waals surface area contributed by atoms with Gasteiger partial charge in [0.1, 0.15) is 17.7 Å². The summed E-state index contributed by atoms with van der Waals surface area (Å²) in [6, 6.07) is 11.4. The Bertz CT molecular complexity index is 1020. The third-order valence-electron chi connectivity index (χ3n) is 4.50. The second-order valence-corrected chi connectivity index (χ2v) is 5.97. The number of anilines is 3. The topological polar surface area (TPSA) is 118 Å². The van der Waals surface area contributed by atoms with Crippen molar-refractivity contribution in [2.24, 2.45) is 0 Å². The number of aromatic nitrogens is 3. The minimum Gasteiger partial charge on any atom is -0.383 e. The molecular formula is C17H17N7O. The Balaban J connectivity index is 1.54. The Morgan fingerprint density at radius 2 is 1.84 bits per heavy atom. The number of nitrogen functional groups attached to an aromatic ring is 1. The van der Waals surface area contributed by atoms with Gasteiger partial charge in [0, 0.05) is 26.2 Å². The fourth-order valence-corrected chi connectivity index (χ4v) is 3.22. The van der Waals surface area contributed by atoms with Crippen molar-refractivity contribution in [2.75, 3.05) is 41.7 Å². The number of para-hydroxylation sites is 1. The number of nitrogens with zero attached hydrogens (tertiary/aromatic N) is 4. The van der Waals surface area contributed by atoms with Crippen LogP contribution < -0.4 is 21.2 Å². The molecule has 8 nitrogen and oxygen atoms in total. The molecule has 1 aromatic carbocycles. The van der Waals surface area contributed by atoms with Gasteiger partial charge in [0.2, 0.25) is 0 Å². The lowest BCUT2D eigenvalue weighted by atomic mass is 10.2. The number of rotatable bonds is 2. The number of H-pyrrole nitrogens is 2. The van der Waals surface area contributed by atoms with E-state index in [1.807, 2.05) is 30.3 Å². The maximum atomic E-state index is 11.6. The van der Waals surface area contributed by atoms with Crippen LogP contribution in [0.25, 0.3) is 11.0 Å². The van der Waals surface area contributed by atoms with Crippen LogP contribution in [0.5, 0.6) is 0 Å². The molecule has 0 bridgehead atoms. The highest BCUT2D eigenvalue weighted by Gasteiger charge is 2.20. The zero-order chi connectivity index (χ0) is 17.4. The summed E-state index contributed by atoms with van der Waals surface area (Å²) in [6.07, 6.45) is 0. The highest BCUT2D eigenvalue weighted by molar-refractivity contribution is 5.88. The highest BCUT2D eigenvalue weighted by atomic mass is 16.1. The first kappa shape index (κ1) is 15.1. The van der Waals surface area contributed by atoms with Crippen molar-refractivity contribution in [2.45, 2.75) is 0 Å². The first-order chi connectivity index (χ1) is 12.2. The largest absolute Gasteiger partial charge is 0.383 e. The molecule has 4 N–H and O–H groups in total. The molecule has 126 valence electrons. The average molecular weight is 335 g/mol. The van der Waals surface area contributed by atoms with Crippen molar-refractivity contribution in [3.05, 3.63) is 46.4 Å². The number of benzene rings is 1. The van der Waals surface area contributed by atoms with Crippen LogP contribution in [-0.2, 0) is 0 Å². The summed E-state index contributed by atoms with van der Waals surface area (Å²) >= 11 is 0. The third kappa shape index (κ3) is 2.65. The molecule has 0 amide bonds. The molecule has 0 radical (unpaired) electrons. The number of pyridine rings is 1. The summed E-state index contributed by atoms with van der Waals surface area (Å²) in [6.45, 7) is 3.16. The van der Waals surface area contributed by atoms with Crippen molar-refractivity contribution < 1.29 is 0 Å². The minimum atomic E-state index is -0.196. The summed E-state index contributed by atoms with van der Waals surface area (Å²) in [7, 11) is 0. The van der Waals surface area contributed by atoms with Crippen LogP contribution in [0.2, 0.25) is 0 Å². The van der Waals surface area contributed by atoms with Gasteiger partial charge >= 0.3 is 5.69 Å². The molecule has 4 rings (SSSR count). The standard InChI is InChI=1S/C17H17N7O/c18-10-11-4-5-14(21-16(11)19)24-8-6-23(7-9-24)13-3-1-2-12-15(13)22-17(25)20-12/h1-5H,6-9H2,(H2,19,21)(H2,20,22,25). The third-order valence-corrected chi connectivity index (χ3v) is 4.50. The summed E-state index contributed by atoms with van der Waals surface area (Å²) < 4.78 is 0. The lowest BCUT2D eigenvalue weighted by Gasteiger charge is -2.37. The lowest BCUT2D eigenvalue weighted by molar-refractivity contribution is 0.649. The van der Waals surface area contributed by atoms with Gasteiger partial charge in [-0.05, 0) is 24.3 Å². The molecule has 1 fully saturated rings. The van der Waals surface area contributed by atoms with Gasteiger partial charge in [-0.1, -0.05) is 6.07 Å². The van der Waals surface area contributed by atoms with E-state index in [9.17, 15) is 4.79 Å². The van der Waals surface area contributed by atoms with E-state index in [0.29, 0.717) is 5.56 Å². The predicted molar refractivity (Wildman–Crippen MR) is 96.7 cm³/mol. The fraction of sp³-hybridized carbons (Fsp3) is 0.235. The summed E-state index contributed by atoms with van der Waals surface area (Å²) in [5, 5.41) is 8.95. The van der Waals surface area contributed by atoms with E-state index < -0.39 is 0 Å². The van der Waals surface area contributed by atoms with Crippen molar-refractivity contribution in [1.29, 1.82) is 5.26 Å². The molecule has 0 spiro atoms. The highest BCUT2D eigenvalue weighted by Crippen LogP contribution is 2.25. The van der Waals surface area contributed by atoms with Gasteiger partial charge in [-0.25, -0.2) is 9.78 Å². The molecule has 3 heterocycles. The maximum absolute atomic E-state index is 11.6. The second kappa shape index (κ2) is 5.87. The van der Waals surface area contributed by atoms with Crippen LogP contribution in [-0.4, -0.2) is 41.1 Å². The van der Waals surface area contributed by atoms with Gasteiger partial charge in [0.15, 0.2) is 0 Å². The molecule has 1 aliphatic heterocycles. The van der Waals surface area contributed by atoms with Crippen molar-refractivity contribution in [3.63, 3.8) is 0 Å². The van der Waals surface area contributed by atoms with E-state index in [0.717, 1.165) is 48.7 Å². The van der Waals surface area contributed by atoms with Gasteiger partial charge in [-0.2, -0.15) is 5.26 Å². The van der Waals surface area contributed by atoms with Gasteiger partial charge < -0.3 is 25.5 Å². The molecule has 25 heavy (non-hydrogen) atoms. The molecule has 0 unspecified atom stereocenters. The zero-order valence-electron chi connectivity index (χ0n) is 13.5. The second-order valence-electron chi connectivity index (χ2n) is 5.97. The molecule has 1 aliphatic rings. The fourth-order valence-electron chi connectivity index (χ4n) is 3.22. The Morgan fingerprint density at radius 1 is 1.08 bits per heavy atom. The molecule has 0 aliphatic carbocycles. The number of aromatic amines is 2. The van der Waals surface area contributed by atoms with E-state index in [-0.39, 0.29) is 11.5 Å². The van der Waals surface area contributed by atoms with Gasteiger partial charge in [0.05, 0.1) is 22.3 Å². The summed E-state index contributed by atoms with van der Waals surface area (Å²) in [4.78, 5) is 25.9. The van der Waals surface area contributed by atoms with Crippen molar-refractivity contribution in [3.8, 4) is 6.07 Å². The number of piperazine rings is 1. The average Bonchev–Trinajstić information content (AvgIpc) is 3.02. The molecule has 0 saturated carbocycles. The Hall–Kier alpha value is -3.47.